The molecule has 5 heteroatoms. The Kier molecular flexibility index (Phi) is 3.52. The molecule has 2 aromatic rings. The summed E-state index contributed by atoms with van der Waals surface area (Å²) in [6.45, 7) is 2.70. The zero-order valence-electron chi connectivity index (χ0n) is 13.7. The lowest BCUT2D eigenvalue weighted by Gasteiger charge is -2.19. The molecule has 1 saturated heterocycles. The average Bonchev–Trinajstić information content (AvgIpc) is 3.18. The van der Waals surface area contributed by atoms with Crippen molar-refractivity contribution in [1.82, 2.24) is 9.88 Å². The summed E-state index contributed by atoms with van der Waals surface area (Å²) in [5.74, 6) is -1.35. The van der Waals surface area contributed by atoms with Gasteiger partial charge in [-0.25, -0.2) is 0 Å². The van der Waals surface area contributed by atoms with Crippen LogP contribution in [-0.4, -0.2) is 40.0 Å². The minimum Gasteiger partial charge on any atom is -0.481 e. The maximum atomic E-state index is 13.2. The molecule has 1 amide bonds. The minimum atomic E-state index is -0.817. The van der Waals surface area contributed by atoms with Crippen LogP contribution in [0.25, 0.3) is 10.9 Å². The number of carbonyl (C=O) groups is 2. The lowest BCUT2D eigenvalue weighted by Crippen LogP contribution is -2.31. The Labute approximate surface area is 140 Å². The number of hydrogen-bond donors (Lipinski definition) is 1. The summed E-state index contributed by atoms with van der Waals surface area (Å²) in [6, 6.07) is 7.75. The number of nitrogens with zero attached hydrogens (tertiary/aromatic N) is 2. The van der Waals surface area contributed by atoms with Crippen LogP contribution in [0.2, 0.25) is 0 Å². The second kappa shape index (κ2) is 5.58. The monoisotopic (exact) mass is 324 g/mol. The number of para-hydroxylation sites is 1. The van der Waals surface area contributed by atoms with Crippen molar-refractivity contribution in [3.8, 4) is 0 Å². The first-order valence-electron chi connectivity index (χ1n) is 8.49. The summed E-state index contributed by atoms with van der Waals surface area (Å²) in [5.41, 5.74) is 3.68. The molecule has 1 aliphatic heterocycles. The fourth-order valence-electron chi connectivity index (χ4n) is 4.07. The lowest BCUT2D eigenvalue weighted by molar-refractivity contribution is -0.142. The average molecular weight is 324 g/mol. The van der Waals surface area contributed by atoms with Crippen molar-refractivity contribution in [3.05, 3.63) is 41.1 Å². The molecule has 2 atom stereocenters. The number of likely N-dealkylation sites (tertiary alicyclic amines) is 1. The van der Waals surface area contributed by atoms with Crippen LogP contribution in [0.4, 0.5) is 0 Å². The number of benzene rings is 1. The molecule has 1 fully saturated rings. The number of carboxylic acids is 1. The molecule has 0 unspecified atom stereocenters. The van der Waals surface area contributed by atoms with Gasteiger partial charge in [0.2, 0.25) is 0 Å². The number of aromatic nitrogens is 1. The molecule has 24 heavy (non-hydrogen) atoms. The number of pyridine rings is 1. The van der Waals surface area contributed by atoms with Gasteiger partial charge in [0.15, 0.2) is 0 Å². The summed E-state index contributed by atoms with van der Waals surface area (Å²) in [6.07, 6.45) is 2.81. The Morgan fingerprint density at radius 2 is 2.00 bits per heavy atom. The number of fused-ring (bicyclic) bond motifs is 2. The van der Waals surface area contributed by atoms with Crippen LogP contribution >= 0.6 is 0 Å². The maximum Gasteiger partial charge on any atom is 0.308 e. The van der Waals surface area contributed by atoms with E-state index in [0.717, 1.165) is 47.0 Å². The van der Waals surface area contributed by atoms with Crippen LogP contribution in [0.3, 0.4) is 0 Å². The van der Waals surface area contributed by atoms with E-state index in [0.29, 0.717) is 13.1 Å². The molecule has 1 aromatic heterocycles. The van der Waals surface area contributed by atoms with Gasteiger partial charge in [0.1, 0.15) is 0 Å². The van der Waals surface area contributed by atoms with E-state index >= 15 is 0 Å². The first kappa shape index (κ1) is 15.1. The highest BCUT2D eigenvalue weighted by Crippen LogP contribution is 2.33. The molecule has 1 aliphatic carbocycles. The van der Waals surface area contributed by atoms with E-state index < -0.39 is 11.9 Å². The van der Waals surface area contributed by atoms with Crippen LogP contribution < -0.4 is 0 Å². The number of aryl methyl sites for hydroxylation is 1. The van der Waals surface area contributed by atoms with Gasteiger partial charge in [-0.05, 0) is 36.8 Å². The molecule has 0 radical (unpaired) electrons. The Bertz CT molecular complexity index is 846. The molecule has 4 rings (SSSR count). The largest absolute Gasteiger partial charge is 0.481 e. The van der Waals surface area contributed by atoms with Gasteiger partial charge in [-0.15, -0.1) is 0 Å². The van der Waals surface area contributed by atoms with Gasteiger partial charge in [-0.2, -0.15) is 0 Å². The highest BCUT2D eigenvalue weighted by molar-refractivity contribution is 6.08. The Hall–Kier alpha value is -2.43. The van der Waals surface area contributed by atoms with E-state index in [-0.39, 0.29) is 11.8 Å². The molecular formula is C19H20N2O3. The van der Waals surface area contributed by atoms with Crippen LogP contribution in [0.1, 0.15) is 35.0 Å². The lowest BCUT2D eigenvalue weighted by atomic mass is 9.99. The van der Waals surface area contributed by atoms with Crippen LogP contribution in [0.5, 0.6) is 0 Å². The van der Waals surface area contributed by atoms with Crippen LogP contribution in [0, 0.1) is 11.8 Å². The highest BCUT2D eigenvalue weighted by atomic mass is 16.4. The summed E-state index contributed by atoms with van der Waals surface area (Å²) >= 11 is 0. The molecule has 1 aromatic carbocycles. The van der Waals surface area contributed by atoms with Crippen molar-refractivity contribution in [2.45, 2.75) is 26.2 Å². The third-order valence-corrected chi connectivity index (χ3v) is 5.35. The molecule has 0 saturated carbocycles. The van der Waals surface area contributed by atoms with Crippen molar-refractivity contribution < 1.29 is 14.7 Å². The minimum absolute atomic E-state index is 0.0207. The molecule has 124 valence electrons. The molecule has 0 spiro atoms. The standard InChI is InChI=1S/C19H20N2O3/c1-11-9-21(10-14(11)19(23)24)18(22)17-12-5-2-3-7-15(12)20-16-8-4-6-13(16)17/h2-3,5,7,11,14H,4,6,8-10H2,1H3,(H,23,24)/t11-,14-/m1/s1. The van der Waals surface area contributed by atoms with E-state index in [9.17, 15) is 14.7 Å². The van der Waals surface area contributed by atoms with Gasteiger partial charge in [0.25, 0.3) is 5.91 Å². The number of carboxylic acid groups (broad SMARTS) is 1. The van der Waals surface area contributed by atoms with Gasteiger partial charge in [-0.1, -0.05) is 25.1 Å². The number of rotatable bonds is 2. The molecule has 0 bridgehead atoms. The number of amides is 1. The van der Waals surface area contributed by atoms with E-state index in [1.165, 1.54) is 0 Å². The first-order valence-corrected chi connectivity index (χ1v) is 8.49. The third kappa shape index (κ3) is 2.27. The van der Waals surface area contributed by atoms with E-state index in [1.807, 2.05) is 31.2 Å². The zero-order valence-corrected chi connectivity index (χ0v) is 13.7. The van der Waals surface area contributed by atoms with Gasteiger partial charge in [-0.3, -0.25) is 14.6 Å². The third-order valence-electron chi connectivity index (χ3n) is 5.35. The fourth-order valence-corrected chi connectivity index (χ4v) is 4.07. The topological polar surface area (TPSA) is 70.5 Å². The molecule has 1 N–H and O–H groups in total. The molecule has 2 aliphatic rings. The fraction of sp³-hybridized carbons (Fsp3) is 0.421. The molecule has 5 nitrogen and oxygen atoms in total. The quantitative estimate of drug-likeness (QED) is 0.921. The maximum absolute atomic E-state index is 13.2. The van der Waals surface area contributed by atoms with Crippen molar-refractivity contribution in [3.63, 3.8) is 0 Å². The number of hydrogen-bond acceptors (Lipinski definition) is 3. The normalized spacial score (nSPS) is 22.8. The Morgan fingerprint density at radius 1 is 1.21 bits per heavy atom. The van der Waals surface area contributed by atoms with Gasteiger partial charge in [0.05, 0.1) is 17.0 Å². The summed E-state index contributed by atoms with van der Waals surface area (Å²) in [7, 11) is 0. The predicted molar refractivity (Wildman–Crippen MR) is 90.0 cm³/mol. The molecular weight excluding hydrogens is 304 g/mol. The van der Waals surface area contributed by atoms with E-state index in [4.69, 9.17) is 4.98 Å². The van der Waals surface area contributed by atoms with Crippen LogP contribution in [0.15, 0.2) is 24.3 Å². The van der Waals surface area contributed by atoms with Crippen LogP contribution in [-0.2, 0) is 17.6 Å². The smallest absolute Gasteiger partial charge is 0.308 e. The number of carbonyl (C=O) groups excluding carboxylic acids is 1. The van der Waals surface area contributed by atoms with Gasteiger partial charge in [0, 0.05) is 24.2 Å². The van der Waals surface area contributed by atoms with Crippen molar-refractivity contribution in [2.24, 2.45) is 11.8 Å². The van der Waals surface area contributed by atoms with Crippen molar-refractivity contribution in [1.29, 1.82) is 0 Å². The van der Waals surface area contributed by atoms with Gasteiger partial charge >= 0.3 is 5.97 Å². The van der Waals surface area contributed by atoms with Crippen molar-refractivity contribution >= 4 is 22.8 Å². The summed E-state index contributed by atoms with van der Waals surface area (Å²) in [4.78, 5) is 31.0. The van der Waals surface area contributed by atoms with Gasteiger partial charge < -0.3 is 10.0 Å². The highest BCUT2D eigenvalue weighted by Gasteiger charge is 2.38. The Balaban J connectivity index is 1.79. The van der Waals surface area contributed by atoms with Crippen molar-refractivity contribution in [2.75, 3.05) is 13.1 Å². The molecule has 2 heterocycles. The second-order valence-corrected chi connectivity index (χ2v) is 6.91. The summed E-state index contributed by atoms with van der Waals surface area (Å²) in [5, 5.41) is 10.2. The summed E-state index contributed by atoms with van der Waals surface area (Å²) < 4.78 is 0. The second-order valence-electron chi connectivity index (χ2n) is 6.91. The number of aliphatic carboxylic acids is 1. The first-order chi connectivity index (χ1) is 11.6. The predicted octanol–water partition coefficient (Wildman–Crippen LogP) is 2.52. The van der Waals surface area contributed by atoms with E-state index in [2.05, 4.69) is 0 Å². The SMILES string of the molecule is C[C@@H]1CN(C(=O)c2c3c(nc4ccccc24)CCC3)C[C@H]1C(=O)O. The van der Waals surface area contributed by atoms with E-state index in [1.54, 1.807) is 4.90 Å². The zero-order chi connectivity index (χ0) is 16.8. The Morgan fingerprint density at radius 3 is 2.75 bits per heavy atom.